The first-order valence-electron chi connectivity index (χ1n) is 8.11. The third kappa shape index (κ3) is 3.11. The van der Waals surface area contributed by atoms with Gasteiger partial charge in [-0.2, -0.15) is 0 Å². The highest BCUT2D eigenvalue weighted by Gasteiger charge is 2.39. The van der Waals surface area contributed by atoms with E-state index in [1.54, 1.807) is 25.3 Å². The summed E-state index contributed by atoms with van der Waals surface area (Å²) in [5.74, 6) is -2.09. The monoisotopic (exact) mass is 379 g/mol. The zero-order valence-electron chi connectivity index (χ0n) is 14.2. The maximum Gasteiger partial charge on any atom is 0.375 e. The number of nitrogens with zero attached hydrogens (tertiary/aromatic N) is 3. The highest BCUT2D eigenvalue weighted by atomic mass is 32.1. The van der Waals surface area contributed by atoms with Crippen LogP contribution in [0.3, 0.4) is 0 Å². The molecule has 0 fully saturated rings. The molecule has 0 saturated carbocycles. The quantitative estimate of drug-likeness (QED) is 0.648. The van der Waals surface area contributed by atoms with Crippen LogP contribution in [0.5, 0.6) is 0 Å². The van der Waals surface area contributed by atoms with Crippen LogP contribution >= 0.6 is 11.3 Å². The van der Waals surface area contributed by atoms with Gasteiger partial charge in [-0.3, -0.25) is 14.6 Å². The average Bonchev–Trinajstić information content (AvgIpc) is 3.16. The van der Waals surface area contributed by atoms with E-state index in [0.29, 0.717) is 22.2 Å². The number of aryl methyl sites for hydroxylation is 1. The molecule has 1 aromatic carbocycles. The van der Waals surface area contributed by atoms with Crippen LogP contribution < -0.4 is 0 Å². The molecule has 0 radical (unpaired) electrons. The predicted octanol–water partition coefficient (Wildman–Crippen LogP) is 2.81. The molecule has 0 atom stereocenters. The molecular weight excluding hydrogens is 366 g/mol. The predicted molar refractivity (Wildman–Crippen MR) is 96.3 cm³/mol. The molecule has 27 heavy (non-hydrogen) atoms. The number of amides is 2. The maximum absolute atomic E-state index is 12.5. The summed E-state index contributed by atoms with van der Waals surface area (Å²) < 4.78 is 0. The van der Waals surface area contributed by atoms with E-state index in [9.17, 15) is 14.4 Å². The van der Waals surface area contributed by atoms with Crippen molar-refractivity contribution < 1.29 is 19.2 Å². The van der Waals surface area contributed by atoms with E-state index in [1.165, 1.54) is 12.1 Å². The third-order valence-electron chi connectivity index (χ3n) is 4.02. The minimum absolute atomic E-state index is 0.215. The maximum atomic E-state index is 12.5. The molecule has 134 valence electrons. The van der Waals surface area contributed by atoms with Gasteiger partial charge >= 0.3 is 5.97 Å². The van der Waals surface area contributed by atoms with E-state index in [4.69, 9.17) is 4.84 Å². The fourth-order valence-electron chi connectivity index (χ4n) is 2.75. The standard InChI is InChI=1S/C19H13N3O4S/c1-11-16(27-15(21-11)10-12-6-4-5-9-20-12)19(25)26-22-17(23)13-7-2-3-8-14(13)18(22)24/h2-9H,10H2,1H3. The van der Waals surface area contributed by atoms with Gasteiger partial charge in [0.1, 0.15) is 4.88 Å². The summed E-state index contributed by atoms with van der Waals surface area (Å²) in [7, 11) is 0. The van der Waals surface area contributed by atoms with Crippen LogP contribution in [0.2, 0.25) is 0 Å². The minimum atomic E-state index is -0.785. The Morgan fingerprint density at radius 1 is 1.07 bits per heavy atom. The van der Waals surface area contributed by atoms with Gasteiger partial charge in [0.15, 0.2) is 0 Å². The first kappa shape index (κ1) is 17.0. The normalized spacial score (nSPS) is 13.0. The molecule has 3 heterocycles. The molecule has 4 rings (SSSR count). The van der Waals surface area contributed by atoms with E-state index in [1.807, 2.05) is 18.2 Å². The number of pyridine rings is 1. The Hall–Kier alpha value is -3.39. The number of fused-ring (bicyclic) bond motifs is 1. The van der Waals surface area contributed by atoms with E-state index in [2.05, 4.69) is 9.97 Å². The molecule has 3 aromatic rings. The number of carbonyl (C=O) groups excluding carboxylic acids is 3. The number of carbonyl (C=O) groups is 3. The van der Waals surface area contributed by atoms with Gasteiger partial charge in [-0.15, -0.1) is 11.3 Å². The number of rotatable bonds is 4. The van der Waals surface area contributed by atoms with Gasteiger partial charge < -0.3 is 4.84 Å². The van der Waals surface area contributed by atoms with Gasteiger partial charge in [0.2, 0.25) is 0 Å². The second-order valence-electron chi connectivity index (χ2n) is 5.85. The summed E-state index contributed by atoms with van der Waals surface area (Å²) in [6, 6.07) is 11.9. The van der Waals surface area contributed by atoms with Crippen molar-refractivity contribution in [3.05, 3.63) is 81.1 Å². The largest absolute Gasteiger partial charge is 0.375 e. The fraction of sp³-hybridized carbons (Fsp3) is 0.105. The lowest BCUT2D eigenvalue weighted by Crippen LogP contribution is -2.32. The summed E-state index contributed by atoms with van der Waals surface area (Å²) in [5, 5.41) is 1.20. The van der Waals surface area contributed by atoms with Crippen molar-refractivity contribution in [2.24, 2.45) is 0 Å². The van der Waals surface area contributed by atoms with Crippen LogP contribution in [-0.4, -0.2) is 32.8 Å². The number of thiazole rings is 1. The zero-order valence-corrected chi connectivity index (χ0v) is 15.0. The Balaban J connectivity index is 1.53. The Bertz CT molecular complexity index is 1030. The Morgan fingerprint density at radius 3 is 2.37 bits per heavy atom. The molecule has 2 aromatic heterocycles. The van der Waals surface area contributed by atoms with Crippen molar-refractivity contribution in [2.45, 2.75) is 13.3 Å². The van der Waals surface area contributed by atoms with Gasteiger partial charge in [-0.1, -0.05) is 23.3 Å². The molecule has 0 aliphatic carbocycles. The van der Waals surface area contributed by atoms with E-state index < -0.39 is 17.8 Å². The van der Waals surface area contributed by atoms with Gasteiger partial charge in [-0.25, -0.2) is 9.78 Å². The minimum Gasteiger partial charge on any atom is -0.323 e. The molecule has 7 nitrogen and oxygen atoms in total. The van der Waals surface area contributed by atoms with Crippen molar-refractivity contribution >= 4 is 29.1 Å². The van der Waals surface area contributed by atoms with Crippen LogP contribution in [0.1, 0.15) is 46.8 Å². The summed E-state index contributed by atoms with van der Waals surface area (Å²) in [5.41, 5.74) is 1.73. The Labute approximate surface area is 158 Å². The second-order valence-corrected chi connectivity index (χ2v) is 6.93. The van der Waals surface area contributed by atoms with Crippen molar-refractivity contribution in [1.29, 1.82) is 0 Å². The average molecular weight is 379 g/mol. The molecule has 0 bridgehead atoms. The smallest absolute Gasteiger partial charge is 0.323 e. The Kier molecular flexibility index (Phi) is 4.25. The van der Waals surface area contributed by atoms with Crippen LogP contribution in [0.25, 0.3) is 0 Å². The van der Waals surface area contributed by atoms with Gasteiger partial charge in [-0.05, 0) is 31.2 Å². The lowest BCUT2D eigenvalue weighted by Gasteiger charge is -2.11. The van der Waals surface area contributed by atoms with Crippen molar-refractivity contribution in [3.63, 3.8) is 0 Å². The topological polar surface area (TPSA) is 89.5 Å². The lowest BCUT2D eigenvalue weighted by molar-refractivity contribution is -0.0581. The van der Waals surface area contributed by atoms with Crippen LogP contribution in [0, 0.1) is 6.92 Å². The number of imide groups is 1. The molecular formula is C19H13N3O4S. The number of hydrogen-bond acceptors (Lipinski definition) is 7. The molecule has 1 aliphatic heterocycles. The van der Waals surface area contributed by atoms with Gasteiger partial charge in [0.25, 0.3) is 11.8 Å². The summed E-state index contributed by atoms with van der Waals surface area (Å²) in [6.45, 7) is 1.68. The molecule has 0 N–H and O–H groups in total. The number of hydroxylamine groups is 2. The number of hydrogen-bond donors (Lipinski definition) is 0. The molecule has 0 spiro atoms. The molecule has 2 amide bonds. The fourth-order valence-corrected chi connectivity index (χ4v) is 3.70. The van der Waals surface area contributed by atoms with Crippen molar-refractivity contribution in [3.8, 4) is 0 Å². The second kappa shape index (κ2) is 6.73. The van der Waals surface area contributed by atoms with Crippen LogP contribution in [-0.2, 0) is 11.3 Å². The summed E-state index contributed by atoms with van der Waals surface area (Å²) in [4.78, 5) is 51.1. The van der Waals surface area contributed by atoms with Crippen molar-refractivity contribution in [2.75, 3.05) is 0 Å². The molecule has 0 unspecified atom stereocenters. The highest BCUT2D eigenvalue weighted by Crippen LogP contribution is 2.26. The van der Waals surface area contributed by atoms with Gasteiger partial charge in [0.05, 0.1) is 21.8 Å². The lowest BCUT2D eigenvalue weighted by atomic mass is 10.1. The van der Waals surface area contributed by atoms with Gasteiger partial charge in [0, 0.05) is 18.3 Å². The molecule has 1 aliphatic rings. The Morgan fingerprint density at radius 2 is 1.74 bits per heavy atom. The zero-order chi connectivity index (χ0) is 19.0. The SMILES string of the molecule is Cc1nc(Cc2ccccn2)sc1C(=O)ON1C(=O)c2ccccc2C1=O. The summed E-state index contributed by atoms with van der Waals surface area (Å²) >= 11 is 1.16. The third-order valence-corrected chi connectivity index (χ3v) is 5.15. The molecule has 0 saturated heterocycles. The first-order chi connectivity index (χ1) is 13.0. The number of aromatic nitrogens is 2. The van der Waals surface area contributed by atoms with E-state index in [0.717, 1.165) is 17.0 Å². The number of benzene rings is 1. The summed E-state index contributed by atoms with van der Waals surface area (Å²) in [6.07, 6.45) is 2.17. The first-order valence-corrected chi connectivity index (χ1v) is 8.92. The highest BCUT2D eigenvalue weighted by molar-refractivity contribution is 7.13. The van der Waals surface area contributed by atoms with Crippen LogP contribution in [0.4, 0.5) is 0 Å². The van der Waals surface area contributed by atoms with Crippen molar-refractivity contribution in [1.82, 2.24) is 15.0 Å². The van der Waals surface area contributed by atoms with E-state index in [-0.39, 0.29) is 16.0 Å². The van der Waals surface area contributed by atoms with E-state index >= 15 is 0 Å². The molecule has 8 heteroatoms. The van der Waals surface area contributed by atoms with Crippen LogP contribution in [0.15, 0.2) is 48.7 Å².